The molecule has 0 amide bonds. The molecule has 0 saturated heterocycles. The number of rotatable bonds is 6. The van der Waals surface area contributed by atoms with Crippen molar-refractivity contribution in [3.05, 3.63) is 24.0 Å². The molecule has 0 aliphatic heterocycles. The van der Waals surface area contributed by atoms with E-state index in [0.717, 1.165) is 19.5 Å². The Morgan fingerprint density at radius 3 is 3.00 bits per heavy atom. The first-order valence-corrected chi connectivity index (χ1v) is 5.70. The Bertz CT molecular complexity index is 302. The number of aryl methyl sites for hydroxylation is 1. The van der Waals surface area contributed by atoms with Gasteiger partial charge in [-0.3, -0.25) is 4.68 Å². The van der Waals surface area contributed by atoms with Crippen LogP contribution in [0.1, 0.15) is 32.8 Å². The molecule has 1 heterocycles. The third kappa shape index (κ3) is 4.30. The highest BCUT2D eigenvalue weighted by atomic mass is 15.3. The second kappa shape index (κ2) is 6.40. The first-order chi connectivity index (χ1) is 7.26. The minimum atomic E-state index is 0.421. The zero-order valence-corrected chi connectivity index (χ0v) is 9.90. The van der Waals surface area contributed by atoms with Crippen molar-refractivity contribution in [2.45, 2.75) is 39.8 Å². The van der Waals surface area contributed by atoms with Gasteiger partial charge in [0.15, 0.2) is 0 Å². The molecule has 0 bridgehead atoms. The van der Waals surface area contributed by atoms with Gasteiger partial charge < -0.3 is 5.32 Å². The second-order valence-electron chi connectivity index (χ2n) is 3.74. The molecule has 0 aliphatic carbocycles. The van der Waals surface area contributed by atoms with Crippen molar-refractivity contribution in [1.29, 1.82) is 0 Å². The molecule has 1 aromatic rings. The molecule has 3 nitrogen and oxygen atoms in total. The number of likely N-dealkylation sites (N-methyl/N-ethyl adjacent to an activating group) is 1. The van der Waals surface area contributed by atoms with Crippen molar-refractivity contribution < 1.29 is 0 Å². The van der Waals surface area contributed by atoms with Crippen LogP contribution in [0.2, 0.25) is 0 Å². The quantitative estimate of drug-likeness (QED) is 0.775. The van der Waals surface area contributed by atoms with Gasteiger partial charge >= 0.3 is 0 Å². The van der Waals surface area contributed by atoms with Crippen LogP contribution in [0.25, 0.3) is 6.08 Å². The van der Waals surface area contributed by atoms with E-state index in [1.54, 1.807) is 0 Å². The number of aromatic nitrogens is 2. The Morgan fingerprint density at radius 2 is 2.33 bits per heavy atom. The van der Waals surface area contributed by atoms with Gasteiger partial charge in [-0.05, 0) is 19.9 Å². The highest BCUT2D eigenvalue weighted by Gasteiger charge is 1.95. The molecular weight excluding hydrogens is 186 g/mol. The molecule has 0 aromatic carbocycles. The lowest BCUT2D eigenvalue weighted by molar-refractivity contribution is 0.602. The Morgan fingerprint density at radius 1 is 1.53 bits per heavy atom. The molecule has 0 aliphatic rings. The molecule has 1 N–H and O–H groups in total. The fourth-order valence-electron chi connectivity index (χ4n) is 1.46. The fourth-order valence-corrected chi connectivity index (χ4v) is 1.46. The van der Waals surface area contributed by atoms with E-state index >= 15 is 0 Å². The molecule has 1 aromatic heterocycles. The molecule has 0 fully saturated rings. The lowest BCUT2D eigenvalue weighted by atomic mass is 10.2. The van der Waals surface area contributed by atoms with Gasteiger partial charge in [0, 0.05) is 24.3 Å². The van der Waals surface area contributed by atoms with Crippen LogP contribution in [-0.4, -0.2) is 22.4 Å². The van der Waals surface area contributed by atoms with Crippen molar-refractivity contribution in [1.82, 2.24) is 15.1 Å². The van der Waals surface area contributed by atoms with Crippen LogP contribution in [0.15, 0.2) is 18.5 Å². The molecule has 1 rings (SSSR count). The third-order valence-corrected chi connectivity index (χ3v) is 2.21. The van der Waals surface area contributed by atoms with E-state index in [1.165, 1.54) is 5.56 Å². The summed E-state index contributed by atoms with van der Waals surface area (Å²) in [5, 5.41) is 7.61. The van der Waals surface area contributed by atoms with Gasteiger partial charge in [0.1, 0.15) is 0 Å². The smallest absolute Gasteiger partial charge is 0.0562 e. The SMILES string of the molecule is CCCn1cc(/C=C/C(C)NCC)cn1. The van der Waals surface area contributed by atoms with E-state index in [4.69, 9.17) is 0 Å². The van der Waals surface area contributed by atoms with Crippen molar-refractivity contribution in [3.63, 3.8) is 0 Å². The summed E-state index contributed by atoms with van der Waals surface area (Å²) in [7, 11) is 0. The van der Waals surface area contributed by atoms with E-state index in [1.807, 2.05) is 10.9 Å². The Labute approximate surface area is 92.2 Å². The monoisotopic (exact) mass is 207 g/mol. The van der Waals surface area contributed by atoms with Crippen LogP contribution in [0.3, 0.4) is 0 Å². The summed E-state index contributed by atoms with van der Waals surface area (Å²) in [6.45, 7) is 8.42. The lowest BCUT2D eigenvalue weighted by Crippen LogP contribution is -2.22. The standard InChI is InChI=1S/C12H21N3/c1-4-8-15-10-12(9-14-15)7-6-11(3)13-5-2/h6-7,9-11,13H,4-5,8H2,1-3H3/b7-6+. The summed E-state index contributed by atoms with van der Waals surface area (Å²) in [5.41, 5.74) is 1.17. The van der Waals surface area contributed by atoms with Crippen LogP contribution in [0, 0.1) is 0 Å². The molecule has 0 saturated carbocycles. The highest BCUT2D eigenvalue weighted by molar-refractivity contribution is 5.47. The molecule has 1 atom stereocenters. The van der Waals surface area contributed by atoms with Gasteiger partial charge in [0.2, 0.25) is 0 Å². The number of nitrogens with one attached hydrogen (secondary N) is 1. The summed E-state index contributed by atoms with van der Waals surface area (Å²) < 4.78 is 1.98. The van der Waals surface area contributed by atoms with Gasteiger partial charge in [-0.15, -0.1) is 0 Å². The van der Waals surface area contributed by atoms with E-state index in [9.17, 15) is 0 Å². The first-order valence-electron chi connectivity index (χ1n) is 5.70. The molecule has 15 heavy (non-hydrogen) atoms. The molecule has 0 radical (unpaired) electrons. The minimum Gasteiger partial charge on any atom is -0.311 e. The Hall–Kier alpha value is -1.09. The van der Waals surface area contributed by atoms with Crippen LogP contribution < -0.4 is 5.32 Å². The maximum atomic E-state index is 4.27. The summed E-state index contributed by atoms with van der Waals surface area (Å²) in [6.07, 6.45) is 9.39. The van der Waals surface area contributed by atoms with Gasteiger partial charge in [-0.25, -0.2) is 0 Å². The molecule has 3 heteroatoms. The fraction of sp³-hybridized carbons (Fsp3) is 0.583. The maximum Gasteiger partial charge on any atom is 0.0562 e. The Kier molecular flexibility index (Phi) is 5.12. The topological polar surface area (TPSA) is 29.9 Å². The zero-order valence-electron chi connectivity index (χ0n) is 9.90. The number of hydrogen-bond acceptors (Lipinski definition) is 2. The van der Waals surface area contributed by atoms with Crippen molar-refractivity contribution in [3.8, 4) is 0 Å². The van der Waals surface area contributed by atoms with Crippen LogP contribution in [0.5, 0.6) is 0 Å². The predicted octanol–water partition coefficient (Wildman–Crippen LogP) is 2.30. The predicted molar refractivity (Wildman–Crippen MR) is 64.7 cm³/mol. The second-order valence-corrected chi connectivity index (χ2v) is 3.74. The number of hydrogen-bond donors (Lipinski definition) is 1. The van der Waals surface area contributed by atoms with Crippen LogP contribution in [-0.2, 0) is 6.54 Å². The summed E-state index contributed by atoms with van der Waals surface area (Å²) in [4.78, 5) is 0. The van der Waals surface area contributed by atoms with Crippen LogP contribution in [0.4, 0.5) is 0 Å². The van der Waals surface area contributed by atoms with Crippen molar-refractivity contribution in [2.75, 3.05) is 6.54 Å². The Balaban J connectivity index is 2.48. The zero-order chi connectivity index (χ0) is 11.1. The molecule has 84 valence electrons. The van der Waals surface area contributed by atoms with Crippen LogP contribution >= 0.6 is 0 Å². The maximum absolute atomic E-state index is 4.27. The summed E-state index contributed by atoms with van der Waals surface area (Å²) in [5.74, 6) is 0. The summed E-state index contributed by atoms with van der Waals surface area (Å²) in [6, 6.07) is 0.421. The van der Waals surface area contributed by atoms with Gasteiger partial charge in [0.05, 0.1) is 6.20 Å². The molecule has 1 unspecified atom stereocenters. The van der Waals surface area contributed by atoms with E-state index < -0.39 is 0 Å². The van der Waals surface area contributed by atoms with Gasteiger partial charge in [-0.1, -0.05) is 26.0 Å². The minimum absolute atomic E-state index is 0.421. The summed E-state index contributed by atoms with van der Waals surface area (Å²) >= 11 is 0. The van der Waals surface area contributed by atoms with E-state index in [-0.39, 0.29) is 0 Å². The molecule has 0 spiro atoms. The number of nitrogens with zero attached hydrogens (tertiary/aromatic N) is 2. The van der Waals surface area contributed by atoms with Gasteiger partial charge in [-0.2, -0.15) is 5.10 Å². The van der Waals surface area contributed by atoms with Gasteiger partial charge in [0.25, 0.3) is 0 Å². The average molecular weight is 207 g/mol. The molecular formula is C12H21N3. The lowest BCUT2D eigenvalue weighted by Gasteiger charge is -2.04. The highest BCUT2D eigenvalue weighted by Crippen LogP contribution is 2.02. The average Bonchev–Trinajstić information content (AvgIpc) is 2.64. The normalized spacial score (nSPS) is 13.5. The van der Waals surface area contributed by atoms with E-state index in [2.05, 4.69) is 49.5 Å². The van der Waals surface area contributed by atoms with E-state index in [0.29, 0.717) is 6.04 Å². The van der Waals surface area contributed by atoms with Crippen molar-refractivity contribution in [2.24, 2.45) is 0 Å². The largest absolute Gasteiger partial charge is 0.311 e. The van der Waals surface area contributed by atoms with Crippen molar-refractivity contribution >= 4 is 6.08 Å². The first kappa shape index (κ1) is 12.0. The third-order valence-electron chi connectivity index (χ3n) is 2.21.